The number of amides is 1. The summed E-state index contributed by atoms with van der Waals surface area (Å²) in [7, 11) is 0. The van der Waals surface area contributed by atoms with Gasteiger partial charge in [-0.15, -0.1) is 0 Å². The molecule has 23 heavy (non-hydrogen) atoms. The molecule has 1 unspecified atom stereocenters. The molecule has 4 rings (SSSR count). The van der Waals surface area contributed by atoms with Crippen LogP contribution in [-0.2, 0) is 0 Å². The third kappa shape index (κ3) is 2.27. The molecule has 2 fully saturated rings. The van der Waals surface area contributed by atoms with Crippen LogP contribution in [0.15, 0.2) is 42.7 Å². The molecule has 1 spiro atoms. The number of carbonyl (C=O) groups excluding carboxylic acids is 1. The van der Waals surface area contributed by atoms with Gasteiger partial charge in [-0.25, -0.2) is 9.97 Å². The maximum atomic E-state index is 12.8. The highest BCUT2D eigenvalue weighted by molar-refractivity contribution is 5.96. The second-order valence-corrected chi connectivity index (χ2v) is 6.47. The lowest BCUT2D eigenvalue weighted by atomic mass is 9.84. The molecule has 2 aliphatic heterocycles. The zero-order chi connectivity index (χ0) is 15.9. The predicted octanol–water partition coefficient (Wildman–Crippen LogP) is 2.28. The number of rotatable bonds is 2. The van der Waals surface area contributed by atoms with Crippen LogP contribution in [0.2, 0.25) is 0 Å². The number of hydrogen-bond acceptors (Lipinski definition) is 4. The summed E-state index contributed by atoms with van der Waals surface area (Å²) in [5.74, 6) is 0.921. The summed E-state index contributed by atoms with van der Waals surface area (Å²) in [5, 5.41) is 0. The highest BCUT2D eigenvalue weighted by Gasteiger charge is 2.51. The normalized spacial score (nSPS) is 23.2. The van der Waals surface area contributed by atoms with E-state index >= 15 is 0 Å². The van der Waals surface area contributed by atoms with Gasteiger partial charge in [-0.2, -0.15) is 0 Å². The summed E-state index contributed by atoms with van der Waals surface area (Å²) < 4.78 is 0. The van der Waals surface area contributed by atoms with Crippen molar-refractivity contribution in [3.05, 3.63) is 53.9 Å². The van der Waals surface area contributed by atoms with Crippen LogP contribution in [0.4, 0.5) is 5.95 Å². The molecule has 2 saturated heterocycles. The molecule has 5 heteroatoms. The molecule has 1 aromatic carbocycles. The Hall–Kier alpha value is -2.43. The molecule has 2 aliphatic rings. The van der Waals surface area contributed by atoms with Crippen LogP contribution >= 0.6 is 0 Å². The third-order valence-electron chi connectivity index (χ3n) is 5.16. The molecule has 1 aromatic heterocycles. The minimum Gasteiger partial charge on any atom is -0.336 e. The minimum absolute atomic E-state index is 0.0275. The average molecular weight is 308 g/mol. The Balaban J connectivity index is 1.53. The van der Waals surface area contributed by atoms with E-state index < -0.39 is 0 Å². The van der Waals surface area contributed by atoms with Crippen molar-refractivity contribution in [1.29, 1.82) is 0 Å². The maximum Gasteiger partial charge on any atom is 0.254 e. The molecule has 118 valence electrons. The van der Waals surface area contributed by atoms with Crippen LogP contribution in [0, 0.1) is 6.92 Å². The number of anilines is 1. The van der Waals surface area contributed by atoms with Gasteiger partial charge in [0.25, 0.3) is 5.91 Å². The number of nitrogens with zero attached hydrogens (tertiary/aromatic N) is 4. The highest BCUT2D eigenvalue weighted by Crippen LogP contribution is 2.41. The summed E-state index contributed by atoms with van der Waals surface area (Å²) in [6.45, 7) is 4.53. The number of aryl methyl sites for hydroxylation is 1. The second-order valence-electron chi connectivity index (χ2n) is 6.47. The lowest BCUT2D eigenvalue weighted by molar-refractivity contribution is 0.0775. The van der Waals surface area contributed by atoms with E-state index in [0.717, 1.165) is 49.6 Å². The van der Waals surface area contributed by atoms with Gasteiger partial charge in [0.15, 0.2) is 0 Å². The molecule has 0 bridgehead atoms. The Bertz CT molecular complexity index is 733. The van der Waals surface area contributed by atoms with Crippen molar-refractivity contribution in [2.24, 2.45) is 0 Å². The Labute approximate surface area is 136 Å². The van der Waals surface area contributed by atoms with Crippen molar-refractivity contribution in [3.8, 4) is 0 Å². The summed E-state index contributed by atoms with van der Waals surface area (Å²) in [4.78, 5) is 25.8. The van der Waals surface area contributed by atoms with Crippen LogP contribution in [0.3, 0.4) is 0 Å². The van der Waals surface area contributed by atoms with Crippen molar-refractivity contribution in [3.63, 3.8) is 0 Å². The molecule has 1 amide bonds. The summed E-state index contributed by atoms with van der Waals surface area (Å²) in [5.41, 5.74) is 1.88. The lowest BCUT2D eigenvalue weighted by Crippen LogP contribution is -2.62. The number of likely N-dealkylation sites (tertiary alicyclic amines) is 1. The fraction of sp³-hybridized carbons (Fsp3) is 0.389. The number of hydrogen-bond donors (Lipinski definition) is 0. The van der Waals surface area contributed by atoms with Gasteiger partial charge < -0.3 is 9.80 Å². The van der Waals surface area contributed by atoms with E-state index in [1.54, 1.807) is 12.4 Å². The quantitative estimate of drug-likeness (QED) is 0.854. The predicted molar refractivity (Wildman–Crippen MR) is 88.4 cm³/mol. The fourth-order valence-corrected chi connectivity index (χ4v) is 3.72. The smallest absolute Gasteiger partial charge is 0.254 e. The average Bonchev–Trinajstić information content (AvgIpc) is 3.02. The van der Waals surface area contributed by atoms with E-state index in [4.69, 9.17) is 0 Å². The lowest BCUT2D eigenvalue weighted by Gasteiger charge is -2.50. The number of benzene rings is 1. The molecule has 5 nitrogen and oxygen atoms in total. The van der Waals surface area contributed by atoms with Crippen LogP contribution in [0.25, 0.3) is 0 Å². The molecule has 0 aliphatic carbocycles. The van der Waals surface area contributed by atoms with Crippen LogP contribution < -0.4 is 4.90 Å². The monoisotopic (exact) mass is 308 g/mol. The van der Waals surface area contributed by atoms with Gasteiger partial charge in [0.05, 0.1) is 5.54 Å². The SMILES string of the molecule is Cc1ccccc1C(=O)N1CCC2(CCN2c2ncccn2)C1. The van der Waals surface area contributed by atoms with E-state index in [1.165, 1.54) is 0 Å². The molecular formula is C18H20N4O. The van der Waals surface area contributed by atoms with E-state index in [2.05, 4.69) is 14.9 Å². The first-order valence-corrected chi connectivity index (χ1v) is 8.09. The summed E-state index contributed by atoms with van der Waals surface area (Å²) in [6, 6.07) is 9.64. The first kappa shape index (κ1) is 14.2. The van der Waals surface area contributed by atoms with E-state index in [0.29, 0.717) is 0 Å². The topological polar surface area (TPSA) is 49.3 Å². The molecule has 3 heterocycles. The van der Waals surface area contributed by atoms with Crippen molar-refractivity contribution in [2.45, 2.75) is 25.3 Å². The van der Waals surface area contributed by atoms with Crippen molar-refractivity contribution < 1.29 is 4.79 Å². The van der Waals surface area contributed by atoms with Crippen molar-refractivity contribution >= 4 is 11.9 Å². The van der Waals surface area contributed by atoms with Crippen molar-refractivity contribution in [2.75, 3.05) is 24.5 Å². The fourth-order valence-electron chi connectivity index (χ4n) is 3.72. The van der Waals surface area contributed by atoms with Crippen molar-refractivity contribution in [1.82, 2.24) is 14.9 Å². The molecule has 1 atom stereocenters. The van der Waals surface area contributed by atoms with Gasteiger partial charge >= 0.3 is 0 Å². The zero-order valence-electron chi connectivity index (χ0n) is 13.3. The zero-order valence-corrected chi connectivity index (χ0v) is 13.3. The van der Waals surface area contributed by atoms with Gasteiger partial charge in [0.1, 0.15) is 0 Å². The third-order valence-corrected chi connectivity index (χ3v) is 5.16. The van der Waals surface area contributed by atoms with E-state index in [9.17, 15) is 4.79 Å². The van der Waals surface area contributed by atoms with Gasteiger partial charge in [0.2, 0.25) is 5.95 Å². The molecule has 2 aromatic rings. The largest absolute Gasteiger partial charge is 0.336 e. The number of carbonyl (C=O) groups is 1. The first-order chi connectivity index (χ1) is 11.2. The van der Waals surface area contributed by atoms with Crippen LogP contribution in [-0.4, -0.2) is 45.9 Å². The summed E-state index contributed by atoms with van der Waals surface area (Å²) in [6.07, 6.45) is 5.64. The highest BCUT2D eigenvalue weighted by atomic mass is 16.2. The first-order valence-electron chi connectivity index (χ1n) is 8.09. The van der Waals surface area contributed by atoms with E-state index in [-0.39, 0.29) is 11.4 Å². The van der Waals surface area contributed by atoms with Gasteiger partial charge in [-0.3, -0.25) is 4.79 Å². The van der Waals surface area contributed by atoms with Gasteiger partial charge in [0, 0.05) is 37.6 Å². The van der Waals surface area contributed by atoms with Crippen LogP contribution in [0.1, 0.15) is 28.8 Å². The number of aromatic nitrogens is 2. The van der Waals surface area contributed by atoms with Crippen LogP contribution in [0.5, 0.6) is 0 Å². The molecule has 0 N–H and O–H groups in total. The van der Waals surface area contributed by atoms with Gasteiger partial charge in [-0.1, -0.05) is 18.2 Å². The van der Waals surface area contributed by atoms with E-state index in [1.807, 2.05) is 42.2 Å². The summed E-state index contributed by atoms with van der Waals surface area (Å²) >= 11 is 0. The Morgan fingerprint density at radius 2 is 1.83 bits per heavy atom. The molecular weight excluding hydrogens is 288 g/mol. The second kappa shape index (κ2) is 5.33. The molecule has 0 radical (unpaired) electrons. The minimum atomic E-state index is 0.0275. The Morgan fingerprint density at radius 1 is 1.09 bits per heavy atom. The standard InChI is InChI=1S/C18H20N4O/c1-14-5-2-3-6-15(14)16(23)21-11-7-18(13-21)8-12-22(18)17-19-9-4-10-20-17/h2-6,9-10H,7-8,11-13H2,1H3. The maximum absolute atomic E-state index is 12.8. The Morgan fingerprint density at radius 3 is 2.52 bits per heavy atom. The van der Waals surface area contributed by atoms with Gasteiger partial charge in [-0.05, 0) is 37.5 Å². The Kier molecular flexibility index (Phi) is 3.29. The molecule has 0 saturated carbocycles.